The molecular formula is C24H26O5. The highest BCUT2D eigenvalue weighted by atomic mass is 16.5. The Bertz CT molecular complexity index is 1060. The average molecular weight is 394 g/mol. The number of carbonyl (C=O) groups is 1. The molecule has 0 saturated carbocycles. The van der Waals surface area contributed by atoms with Crippen molar-refractivity contribution >= 4 is 16.9 Å². The molecule has 0 aliphatic rings. The van der Waals surface area contributed by atoms with Gasteiger partial charge in [-0.25, -0.2) is 9.59 Å². The van der Waals surface area contributed by atoms with E-state index in [9.17, 15) is 9.59 Å². The molecule has 0 amide bonds. The molecule has 0 aliphatic carbocycles. The number of aryl methyl sites for hydroxylation is 1. The Morgan fingerprint density at radius 3 is 2.62 bits per heavy atom. The second-order valence-corrected chi connectivity index (χ2v) is 7.08. The third-order valence-corrected chi connectivity index (χ3v) is 5.06. The van der Waals surface area contributed by atoms with Crippen molar-refractivity contribution in [3.05, 3.63) is 69.6 Å². The van der Waals surface area contributed by atoms with Crippen molar-refractivity contribution < 1.29 is 18.7 Å². The molecule has 5 heteroatoms. The molecule has 0 N–H and O–H groups in total. The van der Waals surface area contributed by atoms with Crippen LogP contribution in [0.4, 0.5) is 0 Å². The summed E-state index contributed by atoms with van der Waals surface area (Å²) in [4.78, 5) is 24.9. The summed E-state index contributed by atoms with van der Waals surface area (Å²) < 4.78 is 16.1. The molecule has 0 aliphatic heterocycles. The van der Waals surface area contributed by atoms with Gasteiger partial charge in [0.1, 0.15) is 17.1 Å². The van der Waals surface area contributed by atoms with Crippen LogP contribution in [0.3, 0.4) is 0 Å². The van der Waals surface area contributed by atoms with Crippen LogP contribution in [0.25, 0.3) is 11.0 Å². The summed E-state index contributed by atoms with van der Waals surface area (Å²) >= 11 is 0. The van der Waals surface area contributed by atoms with Gasteiger partial charge in [0.05, 0.1) is 12.7 Å². The maximum Gasteiger partial charge on any atom is 0.343 e. The first kappa shape index (κ1) is 20.6. The molecule has 29 heavy (non-hydrogen) atoms. The van der Waals surface area contributed by atoms with Crippen molar-refractivity contribution in [2.45, 2.75) is 46.0 Å². The van der Waals surface area contributed by atoms with E-state index in [1.807, 2.05) is 13.0 Å². The van der Waals surface area contributed by atoms with Crippen LogP contribution in [0, 0.1) is 6.92 Å². The molecule has 3 aromatic rings. The fourth-order valence-electron chi connectivity index (χ4n) is 3.37. The number of hydrogen-bond acceptors (Lipinski definition) is 5. The molecule has 0 spiro atoms. The Morgan fingerprint density at radius 2 is 1.86 bits per heavy atom. The zero-order valence-electron chi connectivity index (χ0n) is 17.1. The molecule has 0 atom stereocenters. The van der Waals surface area contributed by atoms with Gasteiger partial charge in [-0.2, -0.15) is 0 Å². The predicted molar refractivity (Wildman–Crippen MR) is 113 cm³/mol. The number of ether oxygens (including phenoxy) is 2. The van der Waals surface area contributed by atoms with Crippen LogP contribution in [0.5, 0.6) is 11.5 Å². The van der Waals surface area contributed by atoms with Crippen molar-refractivity contribution in [3.63, 3.8) is 0 Å². The van der Waals surface area contributed by atoms with Crippen molar-refractivity contribution in [2.24, 2.45) is 0 Å². The Hall–Kier alpha value is -3.08. The van der Waals surface area contributed by atoms with Crippen molar-refractivity contribution in [1.29, 1.82) is 0 Å². The van der Waals surface area contributed by atoms with E-state index in [4.69, 9.17) is 13.9 Å². The molecule has 3 rings (SSSR count). The van der Waals surface area contributed by atoms with Gasteiger partial charge in [-0.3, -0.25) is 0 Å². The summed E-state index contributed by atoms with van der Waals surface area (Å²) in [5.74, 6) is 0.393. The first-order chi connectivity index (χ1) is 14.0. The quantitative estimate of drug-likeness (QED) is 0.220. The summed E-state index contributed by atoms with van der Waals surface area (Å²) in [5, 5.41) is 0.858. The molecule has 152 valence electrons. The van der Waals surface area contributed by atoms with Crippen molar-refractivity contribution in [3.8, 4) is 11.5 Å². The van der Waals surface area contributed by atoms with Gasteiger partial charge in [0.2, 0.25) is 0 Å². The van der Waals surface area contributed by atoms with E-state index in [2.05, 4.69) is 6.92 Å². The summed E-state index contributed by atoms with van der Waals surface area (Å²) in [7, 11) is 1.54. The van der Waals surface area contributed by atoms with Crippen LogP contribution in [0.15, 0.2) is 51.7 Å². The van der Waals surface area contributed by atoms with E-state index in [0.717, 1.165) is 42.2 Å². The number of esters is 1. The molecule has 0 unspecified atom stereocenters. The summed E-state index contributed by atoms with van der Waals surface area (Å²) in [6.07, 6.45) is 5.12. The molecule has 0 radical (unpaired) electrons. The fourth-order valence-corrected chi connectivity index (χ4v) is 3.37. The molecular weight excluding hydrogens is 368 g/mol. The van der Waals surface area contributed by atoms with Crippen LogP contribution in [-0.2, 0) is 6.42 Å². The van der Waals surface area contributed by atoms with E-state index in [-0.39, 0.29) is 5.63 Å². The zero-order valence-corrected chi connectivity index (χ0v) is 17.1. The number of hydrogen-bond donors (Lipinski definition) is 0. The Kier molecular flexibility index (Phi) is 6.70. The van der Waals surface area contributed by atoms with E-state index < -0.39 is 5.97 Å². The summed E-state index contributed by atoms with van der Waals surface area (Å²) in [6.45, 7) is 4.10. The Morgan fingerprint density at radius 1 is 1.03 bits per heavy atom. The van der Waals surface area contributed by atoms with Crippen LogP contribution >= 0.6 is 0 Å². The lowest BCUT2D eigenvalue weighted by molar-refractivity contribution is 0.0734. The molecule has 5 nitrogen and oxygen atoms in total. The van der Waals surface area contributed by atoms with Gasteiger partial charge < -0.3 is 13.9 Å². The maximum atomic E-state index is 12.5. The highest BCUT2D eigenvalue weighted by Crippen LogP contribution is 2.26. The highest BCUT2D eigenvalue weighted by molar-refractivity contribution is 5.92. The lowest BCUT2D eigenvalue weighted by Gasteiger charge is -2.10. The van der Waals surface area contributed by atoms with Gasteiger partial charge in [-0.05, 0) is 55.7 Å². The first-order valence-electron chi connectivity index (χ1n) is 9.96. The van der Waals surface area contributed by atoms with Crippen LogP contribution in [0.1, 0.15) is 54.1 Å². The number of carbonyl (C=O) groups excluding carboxylic acids is 1. The number of unbranched alkanes of at least 4 members (excludes halogenated alkanes) is 3. The second-order valence-electron chi connectivity index (χ2n) is 7.08. The molecule has 1 aromatic heterocycles. The smallest absolute Gasteiger partial charge is 0.343 e. The highest BCUT2D eigenvalue weighted by Gasteiger charge is 2.14. The number of fused-ring (bicyclic) bond motifs is 1. The summed E-state index contributed by atoms with van der Waals surface area (Å²) in [5.41, 5.74) is 2.14. The van der Waals surface area contributed by atoms with E-state index in [0.29, 0.717) is 22.6 Å². The summed E-state index contributed by atoms with van der Waals surface area (Å²) in [6, 6.07) is 11.9. The lowest BCUT2D eigenvalue weighted by atomic mass is 10.0. The van der Waals surface area contributed by atoms with Gasteiger partial charge in [0, 0.05) is 17.0 Å². The van der Waals surface area contributed by atoms with Gasteiger partial charge in [-0.1, -0.05) is 32.3 Å². The average Bonchev–Trinajstić information content (AvgIpc) is 2.73. The minimum absolute atomic E-state index is 0.317. The normalized spacial score (nSPS) is 10.9. The number of methoxy groups -OCH3 is 1. The Labute approximate surface area is 170 Å². The fraction of sp³-hybridized carbons (Fsp3) is 0.333. The van der Waals surface area contributed by atoms with Gasteiger partial charge >= 0.3 is 11.6 Å². The van der Waals surface area contributed by atoms with E-state index >= 15 is 0 Å². The van der Waals surface area contributed by atoms with Crippen molar-refractivity contribution in [2.75, 3.05) is 7.11 Å². The van der Waals surface area contributed by atoms with Crippen LogP contribution < -0.4 is 15.1 Å². The monoisotopic (exact) mass is 394 g/mol. The predicted octanol–water partition coefficient (Wildman–Crippen LogP) is 5.45. The SMILES string of the molecule is CCCCCCc1c(C)c2ccc(OC(=O)c3cccc(OC)c3)cc2oc1=O. The van der Waals surface area contributed by atoms with E-state index in [1.165, 1.54) is 13.5 Å². The van der Waals surface area contributed by atoms with Gasteiger partial charge in [0.25, 0.3) is 0 Å². The maximum absolute atomic E-state index is 12.5. The molecule has 1 heterocycles. The lowest BCUT2D eigenvalue weighted by Crippen LogP contribution is -2.11. The van der Waals surface area contributed by atoms with Crippen molar-refractivity contribution in [1.82, 2.24) is 0 Å². The third kappa shape index (κ3) is 4.86. The van der Waals surface area contributed by atoms with E-state index in [1.54, 1.807) is 36.4 Å². The minimum atomic E-state index is -0.505. The molecule has 2 aromatic carbocycles. The van der Waals surface area contributed by atoms with Crippen LogP contribution in [-0.4, -0.2) is 13.1 Å². The standard InChI is InChI=1S/C24H26O5/c1-4-5-6-7-11-21-16(2)20-13-12-19(15-22(20)29-24(21)26)28-23(25)17-9-8-10-18(14-17)27-3/h8-10,12-15H,4-7,11H2,1-3H3. The third-order valence-electron chi connectivity index (χ3n) is 5.06. The molecule has 0 fully saturated rings. The Balaban J connectivity index is 1.82. The topological polar surface area (TPSA) is 65.7 Å². The van der Waals surface area contributed by atoms with Gasteiger partial charge in [-0.15, -0.1) is 0 Å². The second kappa shape index (κ2) is 9.41. The van der Waals surface area contributed by atoms with Gasteiger partial charge in [0.15, 0.2) is 0 Å². The zero-order chi connectivity index (χ0) is 20.8. The number of rotatable bonds is 8. The minimum Gasteiger partial charge on any atom is -0.497 e. The largest absolute Gasteiger partial charge is 0.497 e. The van der Waals surface area contributed by atoms with Crippen LogP contribution in [0.2, 0.25) is 0 Å². The molecule has 0 bridgehead atoms. The molecule has 0 saturated heterocycles. The first-order valence-corrected chi connectivity index (χ1v) is 9.96. The number of benzene rings is 2.